The van der Waals surface area contributed by atoms with Gasteiger partial charge in [-0.3, -0.25) is 0 Å². The zero-order chi connectivity index (χ0) is 16.2. The van der Waals surface area contributed by atoms with Gasteiger partial charge in [0.05, 0.1) is 9.79 Å². The highest BCUT2D eigenvalue weighted by molar-refractivity contribution is 7.90. The van der Waals surface area contributed by atoms with Gasteiger partial charge in [0.15, 0.2) is 9.84 Å². The Balaban J connectivity index is 2.04. The molecule has 2 aromatic rings. The van der Waals surface area contributed by atoms with Crippen LogP contribution in [-0.4, -0.2) is 29.6 Å². The minimum absolute atomic E-state index is 0.0490. The van der Waals surface area contributed by atoms with Crippen molar-refractivity contribution in [1.82, 2.24) is 4.72 Å². The highest BCUT2D eigenvalue weighted by Crippen LogP contribution is 2.14. The number of sulfone groups is 1. The van der Waals surface area contributed by atoms with Crippen molar-refractivity contribution in [3.63, 3.8) is 0 Å². The van der Waals surface area contributed by atoms with Crippen molar-refractivity contribution in [1.29, 1.82) is 0 Å². The molecule has 0 spiro atoms. The van der Waals surface area contributed by atoms with E-state index in [4.69, 9.17) is 0 Å². The predicted octanol–water partition coefficient (Wildman–Crippen LogP) is 1.61. The summed E-state index contributed by atoms with van der Waals surface area (Å²) in [4.78, 5) is 0.142. The van der Waals surface area contributed by atoms with Crippen LogP contribution in [0.1, 0.15) is 5.56 Å². The van der Waals surface area contributed by atoms with Gasteiger partial charge in [0.1, 0.15) is 0 Å². The molecule has 0 aliphatic rings. The standard InChI is InChI=1S/C15H17NO4S2/c1-21(17,18)14-7-9-15(10-8-14)22(19,20)16-12-11-13-5-3-2-4-6-13/h2-10,16H,11-12H2,1H3. The largest absolute Gasteiger partial charge is 0.240 e. The molecule has 0 fully saturated rings. The van der Waals surface area contributed by atoms with E-state index in [2.05, 4.69) is 4.72 Å². The molecule has 7 heteroatoms. The Morgan fingerprint density at radius 3 is 1.91 bits per heavy atom. The molecule has 0 atom stereocenters. The molecule has 0 saturated heterocycles. The van der Waals surface area contributed by atoms with E-state index in [1.165, 1.54) is 24.3 Å². The third-order valence-corrected chi connectivity index (χ3v) is 5.72. The van der Waals surface area contributed by atoms with Crippen LogP contribution >= 0.6 is 0 Å². The molecule has 0 amide bonds. The molecule has 0 bridgehead atoms. The molecule has 2 aromatic carbocycles. The molecule has 22 heavy (non-hydrogen) atoms. The van der Waals surface area contributed by atoms with Gasteiger partial charge in [-0.25, -0.2) is 21.6 Å². The van der Waals surface area contributed by atoms with Crippen LogP contribution in [0, 0.1) is 0 Å². The van der Waals surface area contributed by atoms with Crippen molar-refractivity contribution < 1.29 is 16.8 Å². The summed E-state index contributed by atoms with van der Waals surface area (Å²) in [5.41, 5.74) is 1.04. The van der Waals surface area contributed by atoms with Gasteiger partial charge in [-0.1, -0.05) is 30.3 Å². The second kappa shape index (κ2) is 6.60. The predicted molar refractivity (Wildman–Crippen MR) is 84.9 cm³/mol. The molecule has 0 aliphatic carbocycles. The van der Waals surface area contributed by atoms with Gasteiger partial charge >= 0.3 is 0 Å². The minimum Gasteiger partial charge on any atom is -0.224 e. The van der Waals surface area contributed by atoms with E-state index in [9.17, 15) is 16.8 Å². The number of nitrogens with one attached hydrogen (secondary N) is 1. The molecule has 0 aliphatic heterocycles. The molecule has 118 valence electrons. The first-order valence-corrected chi connectivity index (χ1v) is 10.0. The first-order valence-electron chi connectivity index (χ1n) is 6.63. The Bertz CT molecular complexity index is 827. The average Bonchev–Trinajstić information content (AvgIpc) is 2.47. The van der Waals surface area contributed by atoms with Crippen molar-refractivity contribution >= 4 is 19.9 Å². The summed E-state index contributed by atoms with van der Waals surface area (Å²) in [5.74, 6) is 0. The maximum atomic E-state index is 12.1. The molecule has 0 heterocycles. The van der Waals surface area contributed by atoms with Crippen molar-refractivity contribution in [2.45, 2.75) is 16.2 Å². The van der Waals surface area contributed by atoms with Gasteiger partial charge < -0.3 is 0 Å². The van der Waals surface area contributed by atoms with E-state index in [0.29, 0.717) is 6.42 Å². The summed E-state index contributed by atoms with van der Waals surface area (Å²) >= 11 is 0. The summed E-state index contributed by atoms with van der Waals surface area (Å²) in [7, 11) is -6.97. The maximum Gasteiger partial charge on any atom is 0.240 e. The molecular weight excluding hydrogens is 322 g/mol. The Hall–Kier alpha value is -1.70. The van der Waals surface area contributed by atoms with Crippen LogP contribution < -0.4 is 4.72 Å². The van der Waals surface area contributed by atoms with E-state index in [-0.39, 0.29) is 16.3 Å². The lowest BCUT2D eigenvalue weighted by Crippen LogP contribution is -2.26. The van der Waals surface area contributed by atoms with E-state index < -0.39 is 19.9 Å². The third-order valence-electron chi connectivity index (χ3n) is 3.11. The number of benzene rings is 2. The maximum absolute atomic E-state index is 12.1. The van der Waals surface area contributed by atoms with E-state index in [1.807, 2.05) is 30.3 Å². The Morgan fingerprint density at radius 2 is 1.36 bits per heavy atom. The fourth-order valence-electron chi connectivity index (χ4n) is 1.92. The second-order valence-corrected chi connectivity index (χ2v) is 8.66. The SMILES string of the molecule is CS(=O)(=O)c1ccc(S(=O)(=O)NCCc2ccccc2)cc1. The van der Waals surface area contributed by atoms with Crippen molar-refractivity contribution in [3.05, 3.63) is 60.2 Å². The molecule has 0 saturated carbocycles. The zero-order valence-corrected chi connectivity index (χ0v) is 13.7. The lowest BCUT2D eigenvalue weighted by molar-refractivity contribution is 0.581. The molecule has 1 N–H and O–H groups in total. The Kier molecular flexibility index (Phi) is 5.00. The topological polar surface area (TPSA) is 80.3 Å². The van der Waals surface area contributed by atoms with Crippen LogP contribution in [0.5, 0.6) is 0 Å². The van der Waals surface area contributed by atoms with Gasteiger partial charge in [0, 0.05) is 12.8 Å². The molecule has 5 nitrogen and oxygen atoms in total. The van der Waals surface area contributed by atoms with E-state index >= 15 is 0 Å². The Morgan fingerprint density at radius 1 is 0.818 bits per heavy atom. The molecule has 0 unspecified atom stereocenters. The van der Waals surface area contributed by atoms with Crippen molar-refractivity contribution in [2.75, 3.05) is 12.8 Å². The lowest BCUT2D eigenvalue weighted by Gasteiger charge is -2.07. The summed E-state index contributed by atoms with van der Waals surface area (Å²) in [6.45, 7) is 0.278. The number of sulfonamides is 1. The lowest BCUT2D eigenvalue weighted by atomic mass is 10.2. The average molecular weight is 339 g/mol. The minimum atomic E-state index is -3.64. The Labute approximate surface area is 131 Å². The monoisotopic (exact) mass is 339 g/mol. The summed E-state index contributed by atoms with van der Waals surface area (Å²) in [6, 6.07) is 14.7. The van der Waals surface area contributed by atoms with Crippen LogP contribution in [-0.2, 0) is 26.3 Å². The zero-order valence-electron chi connectivity index (χ0n) is 12.1. The van der Waals surface area contributed by atoms with Gasteiger partial charge in [0.2, 0.25) is 10.0 Å². The third kappa shape index (κ3) is 4.40. The van der Waals surface area contributed by atoms with E-state index in [0.717, 1.165) is 11.8 Å². The first-order chi connectivity index (χ1) is 10.3. The van der Waals surface area contributed by atoms with Crippen molar-refractivity contribution in [3.8, 4) is 0 Å². The fourth-order valence-corrected chi connectivity index (χ4v) is 3.59. The summed E-state index contributed by atoms with van der Waals surface area (Å²) in [6.07, 6.45) is 1.66. The smallest absolute Gasteiger partial charge is 0.224 e. The molecule has 2 rings (SSSR count). The van der Waals surface area contributed by atoms with Gasteiger partial charge in [-0.15, -0.1) is 0 Å². The summed E-state index contributed by atoms with van der Waals surface area (Å²) < 4.78 is 49.5. The van der Waals surface area contributed by atoms with E-state index in [1.54, 1.807) is 0 Å². The number of hydrogen-bond donors (Lipinski definition) is 1. The van der Waals surface area contributed by atoms with Gasteiger partial charge in [-0.05, 0) is 36.2 Å². The number of rotatable bonds is 6. The van der Waals surface area contributed by atoms with Crippen LogP contribution in [0.3, 0.4) is 0 Å². The summed E-state index contributed by atoms with van der Waals surface area (Å²) in [5, 5.41) is 0. The van der Waals surface area contributed by atoms with Gasteiger partial charge in [-0.2, -0.15) is 0 Å². The highest BCUT2D eigenvalue weighted by atomic mass is 32.2. The number of hydrogen-bond acceptors (Lipinski definition) is 4. The molecule has 0 radical (unpaired) electrons. The van der Waals surface area contributed by atoms with Crippen molar-refractivity contribution in [2.24, 2.45) is 0 Å². The van der Waals surface area contributed by atoms with Crippen LogP contribution in [0.25, 0.3) is 0 Å². The first kappa shape index (κ1) is 16.7. The van der Waals surface area contributed by atoms with Crippen LogP contribution in [0.15, 0.2) is 64.4 Å². The normalized spacial score (nSPS) is 12.2. The van der Waals surface area contributed by atoms with Crippen LogP contribution in [0.4, 0.5) is 0 Å². The van der Waals surface area contributed by atoms with Gasteiger partial charge in [0.25, 0.3) is 0 Å². The molecule has 0 aromatic heterocycles. The van der Waals surface area contributed by atoms with Crippen LogP contribution in [0.2, 0.25) is 0 Å². The highest BCUT2D eigenvalue weighted by Gasteiger charge is 2.15. The fraction of sp³-hybridized carbons (Fsp3) is 0.200. The second-order valence-electron chi connectivity index (χ2n) is 4.88. The molecular formula is C15H17NO4S2. The quantitative estimate of drug-likeness (QED) is 0.867.